The standard InChI is InChI=1S/C29H23N3O4S/c1-34-24-9-5-8-21(16-24)28-31-25-17-22(12-15-26(25)36-28)30-29(37)32-27(33)20-10-13-23(14-11-20)35-18-19-6-3-2-4-7-19/h2-17H,18H2,1H3,(H2,30,32,33,37). The van der Waals surface area contributed by atoms with Crippen molar-refractivity contribution in [3.05, 3.63) is 108 Å². The molecule has 8 heteroatoms. The molecule has 0 atom stereocenters. The zero-order chi connectivity index (χ0) is 25.6. The van der Waals surface area contributed by atoms with Gasteiger partial charge in [-0.15, -0.1) is 0 Å². The van der Waals surface area contributed by atoms with E-state index in [2.05, 4.69) is 15.6 Å². The summed E-state index contributed by atoms with van der Waals surface area (Å²) in [6.07, 6.45) is 0. The maximum atomic E-state index is 12.6. The molecule has 0 unspecified atom stereocenters. The van der Waals surface area contributed by atoms with Gasteiger partial charge in [0.25, 0.3) is 5.91 Å². The van der Waals surface area contributed by atoms with Crippen LogP contribution in [-0.4, -0.2) is 23.1 Å². The van der Waals surface area contributed by atoms with Gasteiger partial charge in [-0.1, -0.05) is 36.4 Å². The lowest BCUT2D eigenvalue weighted by Crippen LogP contribution is -2.34. The Balaban J connectivity index is 1.19. The van der Waals surface area contributed by atoms with Crippen molar-refractivity contribution in [2.45, 2.75) is 6.61 Å². The minimum Gasteiger partial charge on any atom is -0.497 e. The molecule has 0 fully saturated rings. The fourth-order valence-corrected chi connectivity index (χ4v) is 3.88. The predicted molar refractivity (Wildman–Crippen MR) is 147 cm³/mol. The molecule has 0 aliphatic heterocycles. The minimum absolute atomic E-state index is 0.172. The van der Waals surface area contributed by atoms with Crippen molar-refractivity contribution in [1.29, 1.82) is 0 Å². The molecule has 1 amide bonds. The van der Waals surface area contributed by atoms with E-state index >= 15 is 0 Å². The van der Waals surface area contributed by atoms with E-state index in [-0.39, 0.29) is 11.0 Å². The highest BCUT2D eigenvalue weighted by Crippen LogP contribution is 2.28. The molecule has 1 heterocycles. The van der Waals surface area contributed by atoms with Crippen LogP contribution in [0.4, 0.5) is 5.69 Å². The summed E-state index contributed by atoms with van der Waals surface area (Å²) in [5.41, 5.74) is 4.31. The first-order valence-electron chi connectivity index (χ1n) is 11.5. The molecule has 4 aromatic carbocycles. The van der Waals surface area contributed by atoms with Gasteiger partial charge in [-0.2, -0.15) is 0 Å². The number of carbonyl (C=O) groups is 1. The lowest BCUT2D eigenvalue weighted by Gasteiger charge is -2.10. The monoisotopic (exact) mass is 509 g/mol. The number of carbonyl (C=O) groups excluding carboxylic acids is 1. The van der Waals surface area contributed by atoms with Crippen LogP contribution in [0.3, 0.4) is 0 Å². The van der Waals surface area contributed by atoms with E-state index in [1.54, 1.807) is 49.6 Å². The van der Waals surface area contributed by atoms with E-state index in [9.17, 15) is 4.79 Å². The van der Waals surface area contributed by atoms with E-state index in [4.69, 9.17) is 26.1 Å². The van der Waals surface area contributed by atoms with Crippen LogP contribution in [-0.2, 0) is 6.61 Å². The number of hydrogen-bond donors (Lipinski definition) is 2. The first-order valence-corrected chi connectivity index (χ1v) is 11.9. The van der Waals surface area contributed by atoms with Gasteiger partial charge >= 0.3 is 0 Å². The second-order valence-corrected chi connectivity index (χ2v) is 8.55. The Kier molecular flexibility index (Phi) is 7.09. The van der Waals surface area contributed by atoms with Gasteiger partial charge in [0.1, 0.15) is 23.6 Å². The number of amides is 1. The zero-order valence-electron chi connectivity index (χ0n) is 19.9. The van der Waals surface area contributed by atoms with Gasteiger partial charge < -0.3 is 19.2 Å². The summed E-state index contributed by atoms with van der Waals surface area (Å²) in [6.45, 7) is 0.456. The average molecular weight is 510 g/mol. The number of aromatic nitrogens is 1. The molecule has 7 nitrogen and oxygen atoms in total. The third kappa shape index (κ3) is 5.94. The van der Waals surface area contributed by atoms with Gasteiger partial charge in [0.05, 0.1) is 7.11 Å². The number of anilines is 1. The number of thiocarbonyl (C=S) groups is 1. The van der Waals surface area contributed by atoms with Gasteiger partial charge in [-0.25, -0.2) is 4.98 Å². The Morgan fingerprint density at radius 3 is 2.51 bits per heavy atom. The number of ether oxygens (including phenoxy) is 2. The van der Waals surface area contributed by atoms with Gasteiger partial charge in [-0.3, -0.25) is 10.1 Å². The normalized spacial score (nSPS) is 10.6. The first kappa shape index (κ1) is 24.0. The Morgan fingerprint density at radius 2 is 1.73 bits per heavy atom. The van der Waals surface area contributed by atoms with Crippen molar-refractivity contribution < 1.29 is 18.7 Å². The fourth-order valence-electron chi connectivity index (χ4n) is 3.67. The predicted octanol–water partition coefficient (Wildman–Crippen LogP) is 6.21. The van der Waals surface area contributed by atoms with Gasteiger partial charge in [-0.05, 0) is 78.4 Å². The van der Waals surface area contributed by atoms with E-state index in [1.807, 2.05) is 54.6 Å². The summed E-state index contributed by atoms with van der Waals surface area (Å²) in [6, 6.07) is 29.7. The topological polar surface area (TPSA) is 85.6 Å². The Morgan fingerprint density at radius 1 is 0.919 bits per heavy atom. The number of methoxy groups -OCH3 is 1. The second-order valence-electron chi connectivity index (χ2n) is 8.14. The lowest BCUT2D eigenvalue weighted by atomic mass is 10.2. The molecule has 0 saturated carbocycles. The van der Waals surface area contributed by atoms with Crippen LogP contribution in [0.5, 0.6) is 11.5 Å². The molecule has 0 spiro atoms. The molecule has 5 rings (SSSR count). The molecular weight excluding hydrogens is 486 g/mol. The van der Waals surface area contributed by atoms with E-state index in [1.165, 1.54) is 0 Å². The Hall–Kier alpha value is -4.69. The Bertz CT molecular complexity index is 1550. The summed E-state index contributed by atoms with van der Waals surface area (Å²) < 4.78 is 16.9. The largest absolute Gasteiger partial charge is 0.497 e. The molecular formula is C29H23N3O4S. The molecule has 0 aliphatic rings. The van der Waals surface area contributed by atoms with Crippen LogP contribution in [0, 0.1) is 0 Å². The SMILES string of the molecule is COc1cccc(-c2nc3cc(NC(=S)NC(=O)c4ccc(OCc5ccccc5)cc4)ccc3o2)c1. The van der Waals surface area contributed by atoms with Crippen LogP contribution < -0.4 is 20.1 Å². The molecule has 0 aliphatic carbocycles. The zero-order valence-corrected chi connectivity index (χ0v) is 20.7. The highest BCUT2D eigenvalue weighted by molar-refractivity contribution is 7.80. The van der Waals surface area contributed by atoms with E-state index < -0.39 is 0 Å². The van der Waals surface area contributed by atoms with E-state index in [0.29, 0.717) is 40.6 Å². The van der Waals surface area contributed by atoms with Gasteiger partial charge in [0.15, 0.2) is 10.7 Å². The van der Waals surface area contributed by atoms with Gasteiger partial charge in [0, 0.05) is 16.8 Å². The smallest absolute Gasteiger partial charge is 0.257 e. The molecule has 0 radical (unpaired) electrons. The fraction of sp³-hybridized carbons (Fsp3) is 0.0690. The molecule has 2 N–H and O–H groups in total. The van der Waals surface area contributed by atoms with Crippen molar-refractivity contribution in [2.75, 3.05) is 12.4 Å². The van der Waals surface area contributed by atoms with Crippen molar-refractivity contribution in [3.63, 3.8) is 0 Å². The minimum atomic E-state index is -0.324. The number of hydrogen-bond acceptors (Lipinski definition) is 6. The maximum absolute atomic E-state index is 12.6. The molecule has 37 heavy (non-hydrogen) atoms. The van der Waals surface area contributed by atoms with Crippen molar-refractivity contribution >= 4 is 40.0 Å². The molecule has 1 aromatic heterocycles. The number of benzene rings is 4. The second kappa shape index (κ2) is 10.9. The van der Waals surface area contributed by atoms with Crippen molar-refractivity contribution in [3.8, 4) is 23.0 Å². The highest BCUT2D eigenvalue weighted by atomic mass is 32.1. The summed E-state index contributed by atoms with van der Waals surface area (Å²) in [7, 11) is 1.61. The number of fused-ring (bicyclic) bond motifs is 1. The number of nitrogens with zero attached hydrogens (tertiary/aromatic N) is 1. The summed E-state index contributed by atoms with van der Waals surface area (Å²) in [4.78, 5) is 17.2. The molecule has 0 bridgehead atoms. The number of oxazole rings is 1. The van der Waals surface area contributed by atoms with Crippen LogP contribution in [0.2, 0.25) is 0 Å². The lowest BCUT2D eigenvalue weighted by molar-refractivity contribution is 0.0977. The van der Waals surface area contributed by atoms with Crippen LogP contribution in [0.25, 0.3) is 22.6 Å². The first-order chi connectivity index (χ1) is 18.1. The third-order valence-corrected chi connectivity index (χ3v) is 5.76. The number of rotatable bonds is 7. The quantitative estimate of drug-likeness (QED) is 0.252. The summed E-state index contributed by atoms with van der Waals surface area (Å²) in [5, 5.41) is 5.89. The number of nitrogens with one attached hydrogen (secondary N) is 2. The van der Waals surface area contributed by atoms with Crippen molar-refractivity contribution in [1.82, 2.24) is 10.3 Å². The third-order valence-electron chi connectivity index (χ3n) is 5.55. The van der Waals surface area contributed by atoms with Gasteiger partial charge in [0.2, 0.25) is 5.89 Å². The highest BCUT2D eigenvalue weighted by Gasteiger charge is 2.12. The summed E-state index contributed by atoms with van der Waals surface area (Å²) >= 11 is 5.34. The van der Waals surface area contributed by atoms with Crippen LogP contribution in [0.15, 0.2) is 101 Å². The van der Waals surface area contributed by atoms with E-state index in [0.717, 1.165) is 16.9 Å². The van der Waals surface area contributed by atoms with Crippen LogP contribution in [0.1, 0.15) is 15.9 Å². The molecule has 5 aromatic rings. The Labute approximate surface area is 219 Å². The molecule has 184 valence electrons. The summed E-state index contributed by atoms with van der Waals surface area (Å²) in [5.74, 6) is 1.56. The van der Waals surface area contributed by atoms with Crippen LogP contribution >= 0.6 is 12.2 Å². The van der Waals surface area contributed by atoms with Crippen molar-refractivity contribution in [2.24, 2.45) is 0 Å². The average Bonchev–Trinajstić information content (AvgIpc) is 3.36. The molecule has 0 saturated heterocycles. The maximum Gasteiger partial charge on any atom is 0.257 e.